The maximum Gasteiger partial charge on any atom is 0.0719 e. The highest BCUT2D eigenvalue weighted by molar-refractivity contribution is 5.04. The van der Waals surface area contributed by atoms with Gasteiger partial charge in [0.05, 0.1) is 12.7 Å². The molecule has 0 aliphatic heterocycles. The van der Waals surface area contributed by atoms with Gasteiger partial charge in [0.1, 0.15) is 0 Å². The molecule has 1 unspecified atom stereocenters. The quantitative estimate of drug-likeness (QED) is 0.616. The number of hydrogen-bond acceptors (Lipinski definition) is 2. The zero-order valence-corrected chi connectivity index (χ0v) is 7.88. The Morgan fingerprint density at radius 1 is 1.58 bits per heavy atom. The summed E-state index contributed by atoms with van der Waals surface area (Å²) in [5, 5.41) is 17.7. The molecule has 2 N–H and O–H groups in total. The minimum Gasteiger partial charge on any atom is -0.392 e. The second-order valence-corrected chi connectivity index (χ2v) is 3.08. The van der Waals surface area contributed by atoms with Crippen molar-refractivity contribution >= 4 is 0 Å². The molecule has 1 atom stereocenters. The molecule has 0 saturated carbocycles. The van der Waals surface area contributed by atoms with Crippen LogP contribution in [0.25, 0.3) is 0 Å². The van der Waals surface area contributed by atoms with Crippen LogP contribution in [0.2, 0.25) is 0 Å². The fourth-order valence-electron chi connectivity index (χ4n) is 0.777. The van der Waals surface area contributed by atoms with Crippen molar-refractivity contribution in [2.24, 2.45) is 0 Å². The van der Waals surface area contributed by atoms with Crippen LogP contribution in [0.4, 0.5) is 0 Å². The van der Waals surface area contributed by atoms with Gasteiger partial charge < -0.3 is 10.2 Å². The van der Waals surface area contributed by atoms with E-state index in [1.54, 1.807) is 6.92 Å². The Kier molecular flexibility index (Phi) is 5.68. The SMILES string of the molecule is C=C(CCC=C(C)CO)C(C)O. The van der Waals surface area contributed by atoms with E-state index in [1.165, 1.54) is 0 Å². The first-order chi connectivity index (χ1) is 5.57. The highest BCUT2D eigenvalue weighted by atomic mass is 16.3. The Bertz CT molecular complexity index is 169. The standard InChI is InChI=1S/C10H18O2/c1-8(7-11)5-4-6-9(2)10(3)12/h5,10-12H,2,4,6-7H2,1,3H3. The molecular formula is C10H18O2. The lowest BCUT2D eigenvalue weighted by atomic mass is 10.1. The normalized spacial score (nSPS) is 14.5. The van der Waals surface area contributed by atoms with Gasteiger partial charge in [-0.1, -0.05) is 18.2 Å². The molecule has 2 nitrogen and oxygen atoms in total. The average Bonchev–Trinajstić information content (AvgIpc) is 2.03. The lowest BCUT2D eigenvalue weighted by Crippen LogP contribution is -2.02. The van der Waals surface area contributed by atoms with Crippen LogP contribution in [0.1, 0.15) is 26.7 Å². The van der Waals surface area contributed by atoms with Crippen LogP contribution in [0.15, 0.2) is 23.8 Å². The Hall–Kier alpha value is -0.600. The van der Waals surface area contributed by atoms with E-state index in [0.717, 1.165) is 24.0 Å². The second kappa shape index (κ2) is 5.98. The summed E-state index contributed by atoms with van der Waals surface area (Å²) < 4.78 is 0. The smallest absolute Gasteiger partial charge is 0.0719 e. The van der Waals surface area contributed by atoms with E-state index in [4.69, 9.17) is 10.2 Å². The van der Waals surface area contributed by atoms with E-state index in [9.17, 15) is 0 Å². The number of aliphatic hydroxyl groups excluding tert-OH is 2. The summed E-state index contributed by atoms with van der Waals surface area (Å²) in [7, 11) is 0. The minimum atomic E-state index is -0.423. The van der Waals surface area contributed by atoms with Gasteiger partial charge in [0.2, 0.25) is 0 Å². The maximum absolute atomic E-state index is 9.07. The lowest BCUT2D eigenvalue weighted by Gasteiger charge is -2.06. The van der Waals surface area contributed by atoms with Crippen LogP contribution in [-0.4, -0.2) is 22.9 Å². The van der Waals surface area contributed by atoms with Crippen molar-refractivity contribution in [3.05, 3.63) is 23.8 Å². The molecular weight excluding hydrogens is 152 g/mol. The highest BCUT2D eigenvalue weighted by Gasteiger charge is 1.99. The van der Waals surface area contributed by atoms with Crippen molar-refractivity contribution < 1.29 is 10.2 Å². The first kappa shape index (κ1) is 11.4. The predicted octanol–water partition coefficient (Wildman–Crippen LogP) is 1.64. The lowest BCUT2D eigenvalue weighted by molar-refractivity contribution is 0.227. The summed E-state index contributed by atoms with van der Waals surface area (Å²) in [6.07, 6.45) is 3.17. The third-order valence-electron chi connectivity index (χ3n) is 1.80. The highest BCUT2D eigenvalue weighted by Crippen LogP contribution is 2.08. The third kappa shape index (κ3) is 5.10. The molecule has 0 aliphatic rings. The third-order valence-corrected chi connectivity index (χ3v) is 1.80. The van der Waals surface area contributed by atoms with Crippen LogP contribution in [-0.2, 0) is 0 Å². The molecule has 0 amide bonds. The molecule has 0 saturated heterocycles. The van der Waals surface area contributed by atoms with Crippen LogP contribution < -0.4 is 0 Å². The molecule has 0 aliphatic carbocycles. The van der Waals surface area contributed by atoms with E-state index < -0.39 is 6.10 Å². The maximum atomic E-state index is 9.07. The van der Waals surface area contributed by atoms with Crippen molar-refractivity contribution in [3.63, 3.8) is 0 Å². The largest absolute Gasteiger partial charge is 0.392 e. The van der Waals surface area contributed by atoms with Crippen LogP contribution in [0.3, 0.4) is 0 Å². The fraction of sp³-hybridized carbons (Fsp3) is 0.600. The molecule has 70 valence electrons. The molecule has 0 heterocycles. The monoisotopic (exact) mass is 170 g/mol. The molecule has 12 heavy (non-hydrogen) atoms. The Morgan fingerprint density at radius 2 is 2.17 bits per heavy atom. The zero-order chi connectivity index (χ0) is 9.56. The summed E-state index contributed by atoms with van der Waals surface area (Å²) in [5.41, 5.74) is 1.81. The number of aliphatic hydroxyl groups is 2. The molecule has 0 fully saturated rings. The second-order valence-electron chi connectivity index (χ2n) is 3.08. The van der Waals surface area contributed by atoms with Gasteiger partial charge in [0.15, 0.2) is 0 Å². The summed E-state index contributed by atoms with van der Waals surface area (Å²) in [5.74, 6) is 0. The molecule has 0 bridgehead atoms. The summed E-state index contributed by atoms with van der Waals surface area (Å²) in [6.45, 7) is 7.44. The van der Waals surface area contributed by atoms with Crippen molar-refractivity contribution in [1.29, 1.82) is 0 Å². The summed E-state index contributed by atoms with van der Waals surface area (Å²) in [4.78, 5) is 0. The number of hydrogen-bond donors (Lipinski definition) is 2. The number of rotatable bonds is 5. The van der Waals surface area contributed by atoms with Gasteiger partial charge >= 0.3 is 0 Å². The van der Waals surface area contributed by atoms with Crippen molar-refractivity contribution in [3.8, 4) is 0 Å². The first-order valence-electron chi connectivity index (χ1n) is 4.20. The molecule has 0 aromatic heterocycles. The van der Waals surface area contributed by atoms with Gasteiger partial charge in [-0.2, -0.15) is 0 Å². The zero-order valence-electron chi connectivity index (χ0n) is 7.88. The van der Waals surface area contributed by atoms with Gasteiger partial charge in [-0.3, -0.25) is 0 Å². The van der Waals surface area contributed by atoms with E-state index >= 15 is 0 Å². The molecule has 0 aromatic carbocycles. The Balaban J connectivity index is 3.63. The van der Waals surface area contributed by atoms with Crippen LogP contribution >= 0.6 is 0 Å². The van der Waals surface area contributed by atoms with Gasteiger partial charge in [0.25, 0.3) is 0 Å². The predicted molar refractivity (Wildman–Crippen MR) is 50.9 cm³/mol. The molecule has 0 aromatic rings. The number of allylic oxidation sites excluding steroid dienone is 1. The van der Waals surface area contributed by atoms with E-state index in [-0.39, 0.29) is 6.61 Å². The van der Waals surface area contributed by atoms with Crippen molar-refractivity contribution in [1.82, 2.24) is 0 Å². The van der Waals surface area contributed by atoms with Crippen LogP contribution in [0.5, 0.6) is 0 Å². The van der Waals surface area contributed by atoms with Crippen molar-refractivity contribution in [2.45, 2.75) is 32.8 Å². The van der Waals surface area contributed by atoms with E-state index in [1.807, 2.05) is 13.0 Å². The van der Waals surface area contributed by atoms with Crippen molar-refractivity contribution in [2.75, 3.05) is 6.61 Å². The van der Waals surface area contributed by atoms with E-state index in [0.29, 0.717) is 0 Å². The van der Waals surface area contributed by atoms with Gasteiger partial charge in [-0.15, -0.1) is 0 Å². The molecule has 2 heteroatoms. The van der Waals surface area contributed by atoms with Gasteiger partial charge in [0, 0.05) is 0 Å². The molecule has 0 spiro atoms. The van der Waals surface area contributed by atoms with Crippen LogP contribution in [0, 0.1) is 0 Å². The Labute approximate surface area is 74.2 Å². The molecule has 0 radical (unpaired) electrons. The van der Waals surface area contributed by atoms with Gasteiger partial charge in [-0.05, 0) is 32.3 Å². The Morgan fingerprint density at radius 3 is 2.58 bits per heavy atom. The average molecular weight is 170 g/mol. The summed E-state index contributed by atoms with van der Waals surface area (Å²) in [6, 6.07) is 0. The first-order valence-corrected chi connectivity index (χ1v) is 4.20. The fourth-order valence-corrected chi connectivity index (χ4v) is 0.777. The minimum absolute atomic E-state index is 0.112. The summed E-state index contributed by atoms with van der Waals surface area (Å²) >= 11 is 0. The van der Waals surface area contributed by atoms with E-state index in [2.05, 4.69) is 6.58 Å². The molecule has 0 rings (SSSR count). The topological polar surface area (TPSA) is 40.5 Å². The van der Waals surface area contributed by atoms with Gasteiger partial charge in [-0.25, -0.2) is 0 Å².